The summed E-state index contributed by atoms with van der Waals surface area (Å²) in [4.78, 5) is 17.9. The molecule has 0 atom stereocenters. The lowest BCUT2D eigenvalue weighted by Crippen LogP contribution is -2.14. The van der Waals surface area contributed by atoms with E-state index in [4.69, 9.17) is 0 Å². The first kappa shape index (κ1) is 17.4. The van der Waals surface area contributed by atoms with Crippen LogP contribution in [0.1, 0.15) is 25.0 Å². The lowest BCUT2D eigenvalue weighted by molar-refractivity contribution is 0.629. The Labute approximate surface area is 160 Å². The molecule has 4 rings (SSSR count). The van der Waals surface area contributed by atoms with Gasteiger partial charge in [-0.2, -0.15) is 0 Å². The van der Waals surface area contributed by atoms with Crippen molar-refractivity contribution in [1.29, 1.82) is 0 Å². The number of benzene rings is 2. The first-order valence-electron chi connectivity index (χ1n) is 8.69. The molecular formula is C23H18FNOS. The van der Waals surface area contributed by atoms with E-state index in [0.29, 0.717) is 16.5 Å². The molecule has 2 aromatic heterocycles. The fraction of sp³-hybridized carbons (Fsp3) is 0.0870. The molecule has 2 nitrogen and oxygen atoms in total. The maximum atomic E-state index is 13.8. The second-order valence-electron chi connectivity index (χ2n) is 6.61. The number of rotatable bonds is 3. The van der Waals surface area contributed by atoms with Gasteiger partial charge in [0.1, 0.15) is 5.82 Å². The quantitative estimate of drug-likeness (QED) is 0.452. The van der Waals surface area contributed by atoms with Gasteiger partial charge in [0, 0.05) is 10.9 Å². The molecular weight excluding hydrogens is 357 g/mol. The lowest BCUT2D eigenvalue weighted by Gasteiger charge is -2.16. The minimum absolute atomic E-state index is 0.160. The van der Waals surface area contributed by atoms with Gasteiger partial charge in [0.2, 0.25) is 0 Å². The molecule has 2 heterocycles. The van der Waals surface area contributed by atoms with Crippen molar-refractivity contribution in [3.05, 3.63) is 98.8 Å². The Balaban J connectivity index is 2.15. The van der Waals surface area contributed by atoms with Gasteiger partial charge >= 0.3 is 0 Å². The van der Waals surface area contributed by atoms with Crippen LogP contribution in [0.25, 0.3) is 27.0 Å². The van der Waals surface area contributed by atoms with Crippen molar-refractivity contribution in [2.24, 2.45) is 0 Å². The number of nitrogens with one attached hydrogen (secondary N) is 1. The van der Waals surface area contributed by atoms with Crippen molar-refractivity contribution >= 4 is 27.8 Å². The predicted molar refractivity (Wildman–Crippen MR) is 112 cm³/mol. The standard InChI is InChI=1S/C23H18FNOS/c1-14(2)20(15-7-4-3-5-8-15)21-22(19-9-6-12-27-19)25-18-11-10-16(24)13-17(18)23(21)26/h3-13H,1-2H3,(H,25,26). The van der Waals surface area contributed by atoms with Gasteiger partial charge in [-0.05, 0) is 54.6 Å². The molecule has 0 aliphatic carbocycles. The van der Waals surface area contributed by atoms with Crippen LogP contribution >= 0.6 is 11.3 Å². The highest BCUT2D eigenvalue weighted by atomic mass is 32.1. The summed E-state index contributed by atoms with van der Waals surface area (Å²) in [6.07, 6.45) is 0. The number of pyridine rings is 1. The number of H-pyrrole nitrogens is 1. The Hall–Kier alpha value is -2.98. The third kappa shape index (κ3) is 3.13. The van der Waals surface area contributed by atoms with E-state index in [0.717, 1.165) is 27.3 Å². The van der Waals surface area contributed by atoms with Gasteiger partial charge in [-0.15, -0.1) is 11.3 Å². The van der Waals surface area contributed by atoms with Crippen molar-refractivity contribution < 1.29 is 4.39 Å². The van der Waals surface area contributed by atoms with Gasteiger partial charge < -0.3 is 4.98 Å². The van der Waals surface area contributed by atoms with Crippen LogP contribution in [0.4, 0.5) is 4.39 Å². The Morgan fingerprint density at radius 2 is 1.78 bits per heavy atom. The number of fused-ring (bicyclic) bond motifs is 1. The van der Waals surface area contributed by atoms with Crippen molar-refractivity contribution in [1.82, 2.24) is 4.98 Å². The Morgan fingerprint density at radius 3 is 2.44 bits per heavy atom. The zero-order valence-corrected chi connectivity index (χ0v) is 15.9. The predicted octanol–water partition coefficient (Wildman–Crippen LogP) is 6.24. The molecule has 0 radical (unpaired) electrons. The van der Waals surface area contributed by atoms with Gasteiger partial charge in [0.25, 0.3) is 0 Å². The minimum atomic E-state index is -0.415. The molecule has 4 heteroatoms. The van der Waals surface area contributed by atoms with Gasteiger partial charge in [-0.1, -0.05) is 42.0 Å². The third-order valence-electron chi connectivity index (χ3n) is 4.54. The van der Waals surface area contributed by atoms with Gasteiger partial charge in [-0.3, -0.25) is 4.79 Å². The number of halogens is 1. The Kier molecular flexibility index (Phi) is 4.50. The van der Waals surface area contributed by atoms with E-state index in [1.807, 2.05) is 61.7 Å². The summed E-state index contributed by atoms with van der Waals surface area (Å²) < 4.78 is 13.8. The summed E-state index contributed by atoms with van der Waals surface area (Å²) in [6.45, 7) is 3.99. The van der Waals surface area contributed by atoms with Crippen LogP contribution < -0.4 is 5.43 Å². The number of hydrogen-bond donors (Lipinski definition) is 1. The first-order chi connectivity index (χ1) is 13.1. The zero-order valence-electron chi connectivity index (χ0n) is 15.0. The summed E-state index contributed by atoms with van der Waals surface area (Å²) in [5.74, 6) is -0.415. The van der Waals surface area contributed by atoms with Gasteiger partial charge in [0.15, 0.2) is 5.43 Å². The highest BCUT2D eigenvalue weighted by molar-refractivity contribution is 7.13. The van der Waals surface area contributed by atoms with Crippen LogP contribution in [-0.4, -0.2) is 4.98 Å². The number of allylic oxidation sites excluding steroid dienone is 1. The van der Waals surface area contributed by atoms with Crippen LogP contribution in [0, 0.1) is 5.82 Å². The van der Waals surface area contributed by atoms with E-state index in [1.54, 1.807) is 17.4 Å². The molecule has 0 bridgehead atoms. The Morgan fingerprint density at radius 1 is 1.00 bits per heavy atom. The van der Waals surface area contributed by atoms with Gasteiger partial charge in [-0.25, -0.2) is 4.39 Å². The smallest absolute Gasteiger partial charge is 0.197 e. The van der Waals surface area contributed by atoms with Crippen LogP contribution in [0.5, 0.6) is 0 Å². The number of aromatic amines is 1. The topological polar surface area (TPSA) is 32.9 Å². The molecule has 4 aromatic rings. The maximum absolute atomic E-state index is 13.8. The summed E-state index contributed by atoms with van der Waals surface area (Å²) >= 11 is 1.57. The fourth-order valence-electron chi connectivity index (χ4n) is 3.39. The Bertz CT molecular complexity index is 1200. The highest BCUT2D eigenvalue weighted by Crippen LogP contribution is 2.34. The second kappa shape index (κ2) is 6.97. The van der Waals surface area contributed by atoms with Crippen molar-refractivity contribution in [2.45, 2.75) is 13.8 Å². The van der Waals surface area contributed by atoms with Crippen LogP contribution in [0.15, 0.2) is 76.4 Å². The number of thiophene rings is 1. The third-order valence-corrected chi connectivity index (χ3v) is 5.43. The van der Waals surface area contributed by atoms with Crippen LogP contribution in [-0.2, 0) is 0 Å². The van der Waals surface area contributed by atoms with E-state index in [-0.39, 0.29) is 5.43 Å². The van der Waals surface area contributed by atoms with E-state index >= 15 is 0 Å². The molecule has 0 fully saturated rings. The molecule has 0 saturated heterocycles. The van der Waals surface area contributed by atoms with Gasteiger partial charge in [0.05, 0.1) is 16.1 Å². The first-order valence-corrected chi connectivity index (χ1v) is 9.57. The molecule has 0 saturated carbocycles. The summed E-state index contributed by atoms with van der Waals surface area (Å²) in [5.41, 5.74) is 4.71. The zero-order chi connectivity index (χ0) is 19.0. The molecule has 0 amide bonds. The molecule has 0 spiro atoms. The number of hydrogen-bond acceptors (Lipinski definition) is 2. The molecule has 0 aliphatic heterocycles. The van der Waals surface area contributed by atoms with Crippen LogP contribution in [0.3, 0.4) is 0 Å². The van der Waals surface area contributed by atoms with Crippen molar-refractivity contribution in [3.63, 3.8) is 0 Å². The monoisotopic (exact) mass is 375 g/mol. The SMILES string of the molecule is CC(C)=C(c1ccccc1)c1c(-c2cccs2)[nH]c2ccc(F)cc2c1=O. The average molecular weight is 375 g/mol. The second-order valence-corrected chi connectivity index (χ2v) is 7.56. The summed E-state index contributed by atoms with van der Waals surface area (Å²) in [5, 5.41) is 2.34. The molecule has 0 unspecified atom stereocenters. The van der Waals surface area contributed by atoms with Crippen molar-refractivity contribution in [2.75, 3.05) is 0 Å². The van der Waals surface area contributed by atoms with Crippen molar-refractivity contribution in [3.8, 4) is 10.6 Å². The summed E-state index contributed by atoms with van der Waals surface area (Å²) in [6, 6.07) is 18.1. The summed E-state index contributed by atoms with van der Waals surface area (Å²) in [7, 11) is 0. The van der Waals surface area contributed by atoms with Crippen LogP contribution in [0.2, 0.25) is 0 Å². The largest absolute Gasteiger partial charge is 0.353 e. The normalized spacial score (nSPS) is 10.9. The average Bonchev–Trinajstić information content (AvgIpc) is 3.19. The molecule has 0 aliphatic rings. The molecule has 134 valence electrons. The lowest BCUT2D eigenvalue weighted by atomic mass is 9.91. The molecule has 27 heavy (non-hydrogen) atoms. The molecule has 2 aromatic carbocycles. The highest BCUT2D eigenvalue weighted by Gasteiger charge is 2.20. The van der Waals surface area contributed by atoms with E-state index in [1.165, 1.54) is 12.1 Å². The maximum Gasteiger partial charge on any atom is 0.197 e. The van der Waals surface area contributed by atoms with E-state index in [9.17, 15) is 9.18 Å². The molecule has 1 N–H and O–H groups in total. The van der Waals surface area contributed by atoms with E-state index in [2.05, 4.69) is 4.98 Å². The minimum Gasteiger partial charge on any atom is -0.353 e. The number of aromatic nitrogens is 1. The fourth-order valence-corrected chi connectivity index (χ4v) is 4.12. The van der Waals surface area contributed by atoms with E-state index < -0.39 is 5.82 Å².